The van der Waals surface area contributed by atoms with Crippen LogP contribution in [-0.4, -0.2) is 28.3 Å². The maximum Gasteiger partial charge on any atom is 0.270 e. The van der Waals surface area contributed by atoms with Crippen molar-refractivity contribution in [2.24, 2.45) is 0 Å². The van der Waals surface area contributed by atoms with Crippen molar-refractivity contribution in [1.82, 2.24) is 4.90 Å². The molecule has 0 bridgehead atoms. The van der Waals surface area contributed by atoms with Gasteiger partial charge in [-0.25, -0.2) is 0 Å². The molecule has 5 nitrogen and oxygen atoms in total. The van der Waals surface area contributed by atoms with Crippen LogP contribution in [0.15, 0.2) is 24.8 Å². The van der Waals surface area contributed by atoms with E-state index in [4.69, 9.17) is 0 Å². The van der Waals surface area contributed by atoms with E-state index in [2.05, 4.69) is 6.58 Å². The zero-order valence-corrected chi connectivity index (χ0v) is 11.5. The fourth-order valence-electron chi connectivity index (χ4n) is 2.55. The predicted molar refractivity (Wildman–Crippen MR) is 77.5 cm³/mol. The van der Waals surface area contributed by atoms with Gasteiger partial charge >= 0.3 is 0 Å². The van der Waals surface area contributed by atoms with Crippen LogP contribution < -0.4 is 0 Å². The molecule has 1 heterocycles. The molecular formula is C15H18N2O3. The summed E-state index contributed by atoms with van der Waals surface area (Å²) >= 11 is 0. The summed E-state index contributed by atoms with van der Waals surface area (Å²) in [5.41, 5.74) is 0.880. The van der Waals surface area contributed by atoms with Gasteiger partial charge in [-0.3, -0.25) is 14.9 Å². The van der Waals surface area contributed by atoms with Crippen LogP contribution >= 0.6 is 0 Å². The highest BCUT2D eigenvalue weighted by atomic mass is 16.6. The SMILES string of the molecule is C=Cc1cc(C(=O)N2CCCCC2C)cc([N+](=O)[O-])c1. The lowest BCUT2D eigenvalue weighted by molar-refractivity contribution is -0.384. The Labute approximate surface area is 118 Å². The molecule has 106 valence electrons. The predicted octanol–water partition coefficient (Wildman–Crippen LogP) is 3.25. The number of nitro benzene ring substituents is 1. The largest absolute Gasteiger partial charge is 0.336 e. The third-order valence-corrected chi connectivity index (χ3v) is 3.70. The quantitative estimate of drug-likeness (QED) is 0.627. The van der Waals surface area contributed by atoms with Gasteiger partial charge in [0.2, 0.25) is 0 Å². The third-order valence-electron chi connectivity index (χ3n) is 3.70. The van der Waals surface area contributed by atoms with E-state index in [0.717, 1.165) is 19.3 Å². The van der Waals surface area contributed by atoms with E-state index in [0.29, 0.717) is 17.7 Å². The average Bonchev–Trinajstić information content (AvgIpc) is 2.46. The molecule has 0 radical (unpaired) electrons. The molecule has 0 aliphatic carbocycles. The molecule has 1 amide bonds. The summed E-state index contributed by atoms with van der Waals surface area (Å²) in [5.74, 6) is -0.135. The smallest absolute Gasteiger partial charge is 0.270 e. The molecule has 0 N–H and O–H groups in total. The fraction of sp³-hybridized carbons (Fsp3) is 0.400. The van der Waals surface area contributed by atoms with E-state index >= 15 is 0 Å². The molecular weight excluding hydrogens is 256 g/mol. The highest BCUT2D eigenvalue weighted by molar-refractivity contribution is 5.95. The topological polar surface area (TPSA) is 63.5 Å². The summed E-state index contributed by atoms with van der Waals surface area (Å²) in [4.78, 5) is 24.8. The molecule has 5 heteroatoms. The van der Waals surface area contributed by atoms with E-state index in [9.17, 15) is 14.9 Å². The molecule has 20 heavy (non-hydrogen) atoms. The van der Waals surface area contributed by atoms with Crippen molar-refractivity contribution in [3.8, 4) is 0 Å². The Morgan fingerprint density at radius 3 is 2.80 bits per heavy atom. The fourth-order valence-corrected chi connectivity index (χ4v) is 2.55. The zero-order chi connectivity index (χ0) is 14.7. The zero-order valence-electron chi connectivity index (χ0n) is 11.5. The molecule has 1 aliphatic rings. The van der Waals surface area contributed by atoms with Crippen molar-refractivity contribution in [1.29, 1.82) is 0 Å². The minimum absolute atomic E-state index is 0.0737. The van der Waals surface area contributed by atoms with Gasteiger partial charge in [0.25, 0.3) is 11.6 Å². The van der Waals surface area contributed by atoms with E-state index in [1.807, 2.05) is 6.92 Å². The summed E-state index contributed by atoms with van der Waals surface area (Å²) in [6, 6.07) is 4.60. The molecule has 1 aromatic carbocycles. The molecule has 0 spiro atoms. The lowest BCUT2D eigenvalue weighted by atomic mass is 10.0. The molecule has 0 saturated carbocycles. The first-order chi connectivity index (χ1) is 9.52. The number of rotatable bonds is 3. The van der Waals surface area contributed by atoms with Gasteiger partial charge < -0.3 is 4.90 Å². The van der Waals surface area contributed by atoms with E-state index in [1.54, 1.807) is 11.0 Å². The summed E-state index contributed by atoms with van der Waals surface area (Å²) in [6.45, 7) is 6.34. The molecule has 0 aromatic heterocycles. The third kappa shape index (κ3) is 2.87. The van der Waals surface area contributed by atoms with Gasteiger partial charge in [-0.1, -0.05) is 12.7 Å². The maximum atomic E-state index is 12.5. The number of carbonyl (C=O) groups is 1. The summed E-state index contributed by atoms with van der Waals surface area (Å²) in [7, 11) is 0. The Bertz CT molecular complexity index is 554. The molecule has 2 rings (SSSR count). The van der Waals surface area contributed by atoms with Crippen LogP contribution in [0.25, 0.3) is 6.08 Å². The van der Waals surface area contributed by atoms with Crippen LogP contribution in [0.1, 0.15) is 42.1 Å². The van der Waals surface area contributed by atoms with Crippen molar-refractivity contribution in [2.75, 3.05) is 6.54 Å². The van der Waals surface area contributed by atoms with Crippen LogP contribution in [0.5, 0.6) is 0 Å². The van der Waals surface area contributed by atoms with E-state index < -0.39 is 4.92 Å². The van der Waals surface area contributed by atoms with Gasteiger partial charge in [-0.15, -0.1) is 0 Å². The van der Waals surface area contributed by atoms with Crippen LogP contribution in [0, 0.1) is 10.1 Å². The summed E-state index contributed by atoms with van der Waals surface area (Å²) < 4.78 is 0. The number of likely N-dealkylation sites (tertiary alicyclic amines) is 1. The standard InChI is InChI=1S/C15H18N2O3/c1-3-12-8-13(10-14(9-12)17(19)20)15(18)16-7-5-4-6-11(16)2/h3,8-11H,1,4-7H2,2H3. The Kier molecular flexibility index (Phi) is 4.17. The minimum atomic E-state index is -0.483. The Hall–Kier alpha value is -2.17. The van der Waals surface area contributed by atoms with Gasteiger partial charge in [-0.05, 0) is 37.8 Å². The number of nitro groups is 1. The van der Waals surface area contributed by atoms with Gasteiger partial charge in [-0.2, -0.15) is 0 Å². The van der Waals surface area contributed by atoms with Crippen LogP contribution in [-0.2, 0) is 0 Å². The van der Waals surface area contributed by atoms with Crippen molar-refractivity contribution < 1.29 is 9.72 Å². The maximum absolute atomic E-state index is 12.5. The molecule has 1 saturated heterocycles. The first-order valence-corrected chi connectivity index (χ1v) is 6.76. The van der Waals surface area contributed by atoms with E-state index in [1.165, 1.54) is 18.2 Å². The van der Waals surface area contributed by atoms with Gasteiger partial charge in [0.05, 0.1) is 4.92 Å². The highest BCUT2D eigenvalue weighted by Crippen LogP contribution is 2.23. The Morgan fingerprint density at radius 1 is 1.45 bits per heavy atom. The second-order valence-electron chi connectivity index (χ2n) is 5.12. The van der Waals surface area contributed by atoms with Crippen molar-refractivity contribution in [3.05, 3.63) is 46.0 Å². The lowest BCUT2D eigenvalue weighted by Crippen LogP contribution is -2.42. The Balaban J connectivity index is 2.35. The number of benzene rings is 1. The van der Waals surface area contributed by atoms with Gasteiger partial charge in [0.15, 0.2) is 0 Å². The van der Waals surface area contributed by atoms with Crippen molar-refractivity contribution in [3.63, 3.8) is 0 Å². The second kappa shape index (κ2) is 5.86. The van der Waals surface area contributed by atoms with Crippen molar-refractivity contribution >= 4 is 17.7 Å². The van der Waals surface area contributed by atoms with Crippen LogP contribution in [0.3, 0.4) is 0 Å². The van der Waals surface area contributed by atoms with Gasteiger partial charge in [0.1, 0.15) is 0 Å². The number of hydrogen-bond acceptors (Lipinski definition) is 3. The number of hydrogen-bond donors (Lipinski definition) is 0. The number of non-ortho nitro benzene ring substituents is 1. The molecule has 1 aliphatic heterocycles. The summed E-state index contributed by atoms with van der Waals surface area (Å²) in [6.07, 6.45) is 4.61. The number of amides is 1. The Morgan fingerprint density at radius 2 is 2.20 bits per heavy atom. The van der Waals surface area contributed by atoms with Crippen molar-refractivity contribution in [2.45, 2.75) is 32.2 Å². The van der Waals surface area contributed by atoms with Crippen LogP contribution in [0.4, 0.5) is 5.69 Å². The average molecular weight is 274 g/mol. The second-order valence-corrected chi connectivity index (χ2v) is 5.12. The highest BCUT2D eigenvalue weighted by Gasteiger charge is 2.25. The molecule has 1 unspecified atom stereocenters. The monoisotopic (exact) mass is 274 g/mol. The summed E-state index contributed by atoms with van der Waals surface area (Å²) in [5, 5.41) is 10.9. The lowest BCUT2D eigenvalue weighted by Gasteiger charge is -2.33. The number of piperidine rings is 1. The minimum Gasteiger partial charge on any atom is -0.336 e. The van der Waals surface area contributed by atoms with Gasteiger partial charge in [0, 0.05) is 30.3 Å². The number of carbonyl (C=O) groups excluding carboxylic acids is 1. The van der Waals surface area contributed by atoms with E-state index in [-0.39, 0.29) is 17.6 Å². The molecule has 1 fully saturated rings. The first-order valence-electron chi connectivity index (χ1n) is 6.76. The molecule has 1 aromatic rings. The van der Waals surface area contributed by atoms with Crippen LogP contribution in [0.2, 0.25) is 0 Å². The number of nitrogens with zero attached hydrogens (tertiary/aromatic N) is 2. The molecule has 1 atom stereocenters. The first kappa shape index (κ1) is 14.2. The normalized spacial score (nSPS) is 18.6.